The Bertz CT molecular complexity index is 583. The van der Waals surface area contributed by atoms with E-state index >= 15 is 0 Å². The van der Waals surface area contributed by atoms with Crippen molar-refractivity contribution in [3.05, 3.63) is 36.0 Å². The molecular formula is C12H14N4O2S. The van der Waals surface area contributed by atoms with Gasteiger partial charge in [0, 0.05) is 12.2 Å². The van der Waals surface area contributed by atoms with Crippen molar-refractivity contribution in [3.63, 3.8) is 0 Å². The van der Waals surface area contributed by atoms with Crippen LogP contribution in [0.4, 0.5) is 0 Å². The minimum absolute atomic E-state index is 0.211. The molecule has 0 fully saturated rings. The van der Waals surface area contributed by atoms with Gasteiger partial charge in [-0.3, -0.25) is 0 Å². The quantitative estimate of drug-likeness (QED) is 0.845. The molecule has 0 saturated heterocycles. The molecule has 7 heteroatoms. The van der Waals surface area contributed by atoms with Crippen molar-refractivity contribution in [2.75, 3.05) is 0 Å². The van der Waals surface area contributed by atoms with Gasteiger partial charge in [-0.05, 0) is 26.0 Å². The molecule has 0 unspecified atom stereocenters. The molecule has 0 amide bonds. The second kappa shape index (κ2) is 5.83. The van der Waals surface area contributed by atoms with Gasteiger partial charge in [-0.25, -0.2) is 19.4 Å². The van der Waals surface area contributed by atoms with Gasteiger partial charge >= 0.3 is 5.97 Å². The molecule has 0 aliphatic rings. The lowest BCUT2D eigenvalue weighted by Crippen LogP contribution is -2.07. The first-order valence-electron chi connectivity index (χ1n) is 5.79. The summed E-state index contributed by atoms with van der Waals surface area (Å²) in [6.45, 7) is 4.04. The van der Waals surface area contributed by atoms with E-state index < -0.39 is 5.97 Å². The van der Waals surface area contributed by atoms with Gasteiger partial charge in [0.2, 0.25) is 0 Å². The molecule has 0 aromatic carbocycles. The first-order chi connectivity index (χ1) is 9.09. The molecule has 1 N–H and O–H groups in total. The normalized spacial score (nSPS) is 10.9. The number of carbonyl (C=O) groups is 1. The molecule has 19 heavy (non-hydrogen) atoms. The number of hydrogen-bond donors (Lipinski definition) is 1. The number of thioether (sulfide) groups is 1. The second-order valence-electron chi connectivity index (χ2n) is 4.16. The van der Waals surface area contributed by atoms with Crippen LogP contribution in [0.5, 0.6) is 0 Å². The van der Waals surface area contributed by atoms with Crippen LogP contribution in [-0.2, 0) is 5.75 Å². The highest BCUT2D eigenvalue weighted by Gasteiger charge is 2.13. The Balaban J connectivity index is 2.15. The van der Waals surface area contributed by atoms with Gasteiger partial charge in [-0.2, -0.15) is 5.10 Å². The van der Waals surface area contributed by atoms with Gasteiger partial charge < -0.3 is 5.11 Å². The van der Waals surface area contributed by atoms with Crippen LogP contribution >= 0.6 is 11.8 Å². The fourth-order valence-electron chi connectivity index (χ4n) is 1.61. The van der Waals surface area contributed by atoms with Crippen molar-refractivity contribution >= 4 is 17.7 Å². The van der Waals surface area contributed by atoms with E-state index in [1.165, 1.54) is 18.1 Å². The maximum Gasteiger partial charge on any atom is 0.338 e. The van der Waals surface area contributed by atoms with Gasteiger partial charge in [-0.15, -0.1) is 0 Å². The smallest absolute Gasteiger partial charge is 0.338 e. The average Bonchev–Trinajstić information content (AvgIpc) is 2.85. The molecule has 0 atom stereocenters. The lowest BCUT2D eigenvalue weighted by Gasteiger charge is -2.09. The number of nitrogens with zero attached hydrogens (tertiary/aromatic N) is 4. The Morgan fingerprint density at radius 1 is 1.47 bits per heavy atom. The molecule has 100 valence electrons. The number of carboxylic acid groups (broad SMARTS) is 1. The van der Waals surface area contributed by atoms with E-state index in [0.717, 1.165) is 5.82 Å². The molecule has 0 aliphatic carbocycles. The fourth-order valence-corrected chi connectivity index (χ4v) is 2.53. The molecule has 0 spiro atoms. The van der Waals surface area contributed by atoms with Crippen molar-refractivity contribution < 1.29 is 9.90 Å². The highest BCUT2D eigenvalue weighted by Crippen LogP contribution is 2.24. The summed E-state index contributed by atoms with van der Waals surface area (Å²) in [7, 11) is 0. The van der Waals surface area contributed by atoms with E-state index in [2.05, 4.69) is 15.1 Å². The summed E-state index contributed by atoms with van der Waals surface area (Å²) in [5.74, 6) is 0.373. The Kier molecular flexibility index (Phi) is 4.16. The average molecular weight is 278 g/mol. The minimum atomic E-state index is -0.971. The van der Waals surface area contributed by atoms with Crippen molar-refractivity contribution in [2.24, 2.45) is 0 Å². The predicted octanol–water partition coefficient (Wildman–Crippen LogP) is 2.24. The van der Waals surface area contributed by atoms with Crippen LogP contribution < -0.4 is 0 Å². The molecule has 2 heterocycles. The minimum Gasteiger partial charge on any atom is -0.478 e. The fraction of sp³-hybridized carbons (Fsp3) is 0.333. The molecule has 2 rings (SSSR count). The Labute approximate surface area is 114 Å². The Morgan fingerprint density at radius 3 is 2.95 bits per heavy atom. The van der Waals surface area contributed by atoms with E-state index in [1.807, 2.05) is 18.5 Å². The molecule has 6 nitrogen and oxygen atoms in total. The van der Waals surface area contributed by atoms with Crippen LogP contribution in [-0.4, -0.2) is 30.8 Å². The van der Waals surface area contributed by atoms with E-state index in [9.17, 15) is 4.79 Å². The lowest BCUT2D eigenvalue weighted by atomic mass is 10.3. The van der Waals surface area contributed by atoms with Crippen LogP contribution in [0, 0.1) is 0 Å². The zero-order valence-corrected chi connectivity index (χ0v) is 11.5. The van der Waals surface area contributed by atoms with Crippen molar-refractivity contribution in [1.82, 2.24) is 19.7 Å². The number of pyridine rings is 1. The zero-order valence-electron chi connectivity index (χ0n) is 10.6. The van der Waals surface area contributed by atoms with Crippen molar-refractivity contribution in [3.8, 4) is 0 Å². The van der Waals surface area contributed by atoms with Gasteiger partial charge in [0.1, 0.15) is 17.2 Å². The maximum atomic E-state index is 11.1. The SMILES string of the molecule is CC(C)n1ncnc1CSc1ncccc1C(=O)O. The Morgan fingerprint density at radius 2 is 2.26 bits per heavy atom. The topological polar surface area (TPSA) is 80.9 Å². The molecule has 0 aliphatic heterocycles. The number of carboxylic acids is 1. The Hall–Kier alpha value is -1.89. The summed E-state index contributed by atoms with van der Waals surface area (Å²) < 4.78 is 1.82. The van der Waals surface area contributed by atoms with Gasteiger partial charge in [-0.1, -0.05) is 11.8 Å². The highest BCUT2D eigenvalue weighted by atomic mass is 32.2. The van der Waals surface area contributed by atoms with Crippen LogP contribution in [0.25, 0.3) is 0 Å². The standard InChI is InChI=1S/C12H14N4O2S/c1-8(2)16-10(14-7-15-16)6-19-11-9(12(17)18)4-3-5-13-11/h3-5,7-8H,6H2,1-2H3,(H,17,18). The van der Waals surface area contributed by atoms with Crippen molar-refractivity contribution in [1.29, 1.82) is 0 Å². The van der Waals surface area contributed by atoms with E-state index in [1.54, 1.807) is 18.3 Å². The first-order valence-corrected chi connectivity index (χ1v) is 6.77. The van der Waals surface area contributed by atoms with Crippen LogP contribution in [0.2, 0.25) is 0 Å². The number of rotatable bonds is 5. The second-order valence-corrected chi connectivity index (χ2v) is 5.13. The summed E-state index contributed by atoms with van der Waals surface area (Å²) >= 11 is 1.35. The zero-order chi connectivity index (χ0) is 13.8. The largest absolute Gasteiger partial charge is 0.478 e. The molecular weight excluding hydrogens is 264 g/mol. The number of aromatic carboxylic acids is 1. The molecule has 2 aromatic rings. The lowest BCUT2D eigenvalue weighted by molar-refractivity contribution is 0.0692. The van der Waals surface area contributed by atoms with Crippen LogP contribution in [0.15, 0.2) is 29.7 Å². The number of hydrogen-bond acceptors (Lipinski definition) is 5. The summed E-state index contributed by atoms with van der Waals surface area (Å²) in [6.07, 6.45) is 3.09. The third kappa shape index (κ3) is 3.11. The predicted molar refractivity (Wildman–Crippen MR) is 71.2 cm³/mol. The summed E-state index contributed by atoms with van der Waals surface area (Å²) in [6, 6.07) is 3.38. The molecule has 0 saturated carbocycles. The maximum absolute atomic E-state index is 11.1. The highest BCUT2D eigenvalue weighted by molar-refractivity contribution is 7.98. The monoisotopic (exact) mass is 278 g/mol. The molecule has 0 radical (unpaired) electrons. The van der Waals surface area contributed by atoms with E-state index in [0.29, 0.717) is 10.8 Å². The van der Waals surface area contributed by atoms with E-state index in [-0.39, 0.29) is 11.6 Å². The number of aromatic nitrogens is 4. The van der Waals surface area contributed by atoms with Crippen LogP contribution in [0.3, 0.4) is 0 Å². The molecule has 2 aromatic heterocycles. The summed E-state index contributed by atoms with van der Waals surface area (Å²) in [5.41, 5.74) is 0.211. The third-order valence-corrected chi connectivity index (χ3v) is 3.48. The van der Waals surface area contributed by atoms with Gasteiger partial charge in [0.05, 0.1) is 11.3 Å². The van der Waals surface area contributed by atoms with Crippen LogP contribution in [0.1, 0.15) is 36.1 Å². The van der Waals surface area contributed by atoms with Crippen molar-refractivity contribution in [2.45, 2.75) is 30.7 Å². The third-order valence-electron chi connectivity index (χ3n) is 2.48. The first kappa shape index (κ1) is 13.5. The summed E-state index contributed by atoms with van der Waals surface area (Å²) in [5, 5.41) is 13.7. The summed E-state index contributed by atoms with van der Waals surface area (Å²) in [4.78, 5) is 19.4. The van der Waals surface area contributed by atoms with Gasteiger partial charge in [0.15, 0.2) is 0 Å². The van der Waals surface area contributed by atoms with Gasteiger partial charge in [0.25, 0.3) is 0 Å². The van der Waals surface area contributed by atoms with E-state index in [4.69, 9.17) is 5.11 Å². The molecule has 0 bridgehead atoms.